The summed E-state index contributed by atoms with van der Waals surface area (Å²) in [5.41, 5.74) is 9.99. The molecule has 0 aliphatic rings. The molecule has 2 aromatic heterocycles. The van der Waals surface area contributed by atoms with E-state index >= 15 is 0 Å². The number of nitrogens with two attached hydrogens (primary N) is 1. The van der Waals surface area contributed by atoms with Crippen LogP contribution in [0.3, 0.4) is 0 Å². The molecule has 0 saturated carbocycles. The first-order chi connectivity index (χ1) is 11.7. The lowest BCUT2D eigenvalue weighted by Gasteiger charge is -2.11. The van der Waals surface area contributed by atoms with Gasteiger partial charge in [-0.25, -0.2) is 14.5 Å². The molecule has 0 spiro atoms. The second-order valence-corrected chi connectivity index (χ2v) is 5.80. The SMILES string of the molecule is CCC(C)c1ccc(NC(N)=NCc2ccnc3ccnn23)cc1. The van der Waals surface area contributed by atoms with Crippen molar-refractivity contribution in [3.63, 3.8) is 0 Å². The van der Waals surface area contributed by atoms with Gasteiger partial charge in [0.2, 0.25) is 0 Å². The van der Waals surface area contributed by atoms with Crippen molar-refractivity contribution in [2.75, 3.05) is 5.32 Å². The second-order valence-electron chi connectivity index (χ2n) is 5.80. The molecule has 3 N–H and O–H groups in total. The fourth-order valence-corrected chi connectivity index (χ4v) is 2.49. The van der Waals surface area contributed by atoms with Gasteiger partial charge in [0.15, 0.2) is 11.6 Å². The summed E-state index contributed by atoms with van der Waals surface area (Å²) in [6, 6.07) is 12.1. The molecule has 2 heterocycles. The van der Waals surface area contributed by atoms with Crippen LogP contribution in [0, 0.1) is 0 Å². The normalized spacial score (nSPS) is 13.2. The first-order valence-electron chi connectivity index (χ1n) is 8.12. The number of rotatable bonds is 5. The molecule has 0 radical (unpaired) electrons. The van der Waals surface area contributed by atoms with Crippen LogP contribution in [0.5, 0.6) is 0 Å². The molecule has 1 aromatic carbocycles. The average molecular weight is 322 g/mol. The third-order valence-corrected chi connectivity index (χ3v) is 4.14. The zero-order valence-corrected chi connectivity index (χ0v) is 14.0. The van der Waals surface area contributed by atoms with Gasteiger partial charge >= 0.3 is 0 Å². The Morgan fingerprint density at radius 3 is 2.75 bits per heavy atom. The van der Waals surface area contributed by atoms with E-state index in [1.54, 1.807) is 16.9 Å². The summed E-state index contributed by atoms with van der Waals surface area (Å²) in [4.78, 5) is 8.62. The number of nitrogens with one attached hydrogen (secondary N) is 1. The summed E-state index contributed by atoms with van der Waals surface area (Å²) in [6.07, 6.45) is 4.60. The number of anilines is 1. The van der Waals surface area contributed by atoms with E-state index in [0.29, 0.717) is 18.4 Å². The Balaban J connectivity index is 1.67. The van der Waals surface area contributed by atoms with Gasteiger partial charge in [-0.2, -0.15) is 5.10 Å². The van der Waals surface area contributed by atoms with Crippen LogP contribution < -0.4 is 11.1 Å². The second kappa shape index (κ2) is 7.12. The highest BCUT2D eigenvalue weighted by atomic mass is 15.3. The van der Waals surface area contributed by atoms with E-state index in [1.165, 1.54) is 5.56 Å². The lowest BCUT2D eigenvalue weighted by molar-refractivity contribution is 0.734. The van der Waals surface area contributed by atoms with Gasteiger partial charge in [-0.05, 0) is 36.1 Å². The highest BCUT2D eigenvalue weighted by molar-refractivity contribution is 5.92. The molecule has 0 aliphatic heterocycles. The maximum atomic E-state index is 5.99. The summed E-state index contributed by atoms with van der Waals surface area (Å²) in [6.45, 7) is 4.85. The molecule has 0 aliphatic carbocycles. The van der Waals surface area contributed by atoms with Crippen molar-refractivity contribution < 1.29 is 0 Å². The van der Waals surface area contributed by atoms with Crippen LogP contribution in [0.15, 0.2) is 53.8 Å². The van der Waals surface area contributed by atoms with Crippen molar-refractivity contribution in [1.82, 2.24) is 14.6 Å². The van der Waals surface area contributed by atoms with Crippen molar-refractivity contribution in [3.05, 3.63) is 60.0 Å². The molecule has 3 rings (SSSR count). The number of aliphatic imine (C=N–C) groups is 1. The molecule has 1 unspecified atom stereocenters. The van der Waals surface area contributed by atoms with Gasteiger partial charge in [0.05, 0.1) is 18.4 Å². The highest BCUT2D eigenvalue weighted by Crippen LogP contribution is 2.20. The van der Waals surface area contributed by atoms with E-state index in [-0.39, 0.29) is 0 Å². The van der Waals surface area contributed by atoms with Crippen LogP contribution in [-0.4, -0.2) is 20.6 Å². The third kappa shape index (κ3) is 3.53. The van der Waals surface area contributed by atoms with Crippen LogP contribution in [0.1, 0.15) is 37.4 Å². The molecule has 1 atom stereocenters. The number of hydrogen-bond acceptors (Lipinski definition) is 3. The fraction of sp³-hybridized carbons (Fsp3) is 0.278. The Kier molecular flexibility index (Phi) is 4.74. The van der Waals surface area contributed by atoms with Crippen molar-refractivity contribution in [2.45, 2.75) is 32.7 Å². The zero-order chi connectivity index (χ0) is 16.9. The standard InChI is InChI=1S/C18H22N6/c1-3-13(2)14-4-6-15(7-5-14)23-18(19)21-12-16-8-10-20-17-9-11-22-24(16)17/h4-11,13H,3,12H2,1-2H3,(H3,19,21,23). The van der Waals surface area contributed by atoms with Crippen molar-refractivity contribution >= 4 is 17.3 Å². The molecule has 124 valence electrons. The van der Waals surface area contributed by atoms with E-state index < -0.39 is 0 Å². The lowest BCUT2D eigenvalue weighted by atomic mass is 9.99. The molecule has 0 fully saturated rings. The first kappa shape index (κ1) is 16.0. The van der Waals surface area contributed by atoms with Crippen LogP contribution in [-0.2, 0) is 6.54 Å². The number of hydrogen-bond donors (Lipinski definition) is 2. The van der Waals surface area contributed by atoms with Gasteiger partial charge in [0.25, 0.3) is 0 Å². The fourth-order valence-electron chi connectivity index (χ4n) is 2.49. The zero-order valence-electron chi connectivity index (χ0n) is 14.0. The summed E-state index contributed by atoms with van der Waals surface area (Å²) in [7, 11) is 0. The Hall–Kier alpha value is -2.89. The van der Waals surface area contributed by atoms with Crippen molar-refractivity contribution in [3.8, 4) is 0 Å². The van der Waals surface area contributed by atoms with E-state index in [1.807, 2.05) is 24.3 Å². The molecule has 6 nitrogen and oxygen atoms in total. The molecule has 0 bridgehead atoms. The smallest absolute Gasteiger partial charge is 0.193 e. The van der Waals surface area contributed by atoms with Crippen LogP contribution in [0.25, 0.3) is 5.65 Å². The summed E-state index contributed by atoms with van der Waals surface area (Å²) in [5.74, 6) is 0.941. The molecular formula is C18H22N6. The van der Waals surface area contributed by atoms with Gasteiger partial charge in [-0.3, -0.25) is 0 Å². The minimum absolute atomic E-state index is 0.378. The highest BCUT2D eigenvalue weighted by Gasteiger charge is 2.04. The average Bonchev–Trinajstić information content (AvgIpc) is 3.09. The van der Waals surface area contributed by atoms with Crippen LogP contribution in [0.4, 0.5) is 5.69 Å². The number of aromatic nitrogens is 3. The van der Waals surface area contributed by atoms with Gasteiger partial charge < -0.3 is 11.1 Å². The molecule has 3 aromatic rings. The number of fused-ring (bicyclic) bond motifs is 1. The van der Waals surface area contributed by atoms with E-state index in [4.69, 9.17) is 5.73 Å². The number of nitrogens with zero attached hydrogens (tertiary/aromatic N) is 4. The third-order valence-electron chi connectivity index (χ3n) is 4.14. The number of benzene rings is 1. The van der Waals surface area contributed by atoms with Gasteiger partial charge in [0.1, 0.15) is 0 Å². The Morgan fingerprint density at radius 1 is 1.21 bits per heavy atom. The first-order valence-corrected chi connectivity index (χ1v) is 8.12. The van der Waals surface area contributed by atoms with E-state index in [0.717, 1.165) is 23.4 Å². The molecule has 0 saturated heterocycles. The topological polar surface area (TPSA) is 80.6 Å². The molecule has 0 amide bonds. The van der Waals surface area contributed by atoms with Gasteiger partial charge in [0, 0.05) is 18.0 Å². The molecule has 6 heteroatoms. The quantitative estimate of drug-likeness (QED) is 0.558. The number of guanidine groups is 1. The minimum atomic E-state index is 0.378. The van der Waals surface area contributed by atoms with Crippen LogP contribution in [0.2, 0.25) is 0 Å². The Bertz CT molecular complexity index is 834. The minimum Gasteiger partial charge on any atom is -0.370 e. The van der Waals surface area contributed by atoms with Crippen molar-refractivity contribution in [1.29, 1.82) is 0 Å². The summed E-state index contributed by atoms with van der Waals surface area (Å²) >= 11 is 0. The molecule has 24 heavy (non-hydrogen) atoms. The predicted molar refractivity (Wildman–Crippen MR) is 97.1 cm³/mol. The van der Waals surface area contributed by atoms with Crippen molar-refractivity contribution in [2.24, 2.45) is 10.7 Å². The maximum Gasteiger partial charge on any atom is 0.193 e. The Morgan fingerprint density at radius 2 is 2.00 bits per heavy atom. The maximum absolute atomic E-state index is 5.99. The summed E-state index contributed by atoms with van der Waals surface area (Å²) in [5, 5.41) is 7.36. The molecular weight excluding hydrogens is 300 g/mol. The largest absolute Gasteiger partial charge is 0.370 e. The van der Waals surface area contributed by atoms with E-state index in [2.05, 4.69) is 46.4 Å². The van der Waals surface area contributed by atoms with Gasteiger partial charge in [-0.1, -0.05) is 26.0 Å². The van der Waals surface area contributed by atoms with E-state index in [9.17, 15) is 0 Å². The van der Waals surface area contributed by atoms with Gasteiger partial charge in [-0.15, -0.1) is 0 Å². The summed E-state index contributed by atoms with van der Waals surface area (Å²) < 4.78 is 1.76. The van der Waals surface area contributed by atoms with Crippen LogP contribution >= 0.6 is 0 Å². The Labute approximate surface area is 141 Å². The predicted octanol–water partition coefficient (Wildman–Crippen LogP) is 3.17. The lowest BCUT2D eigenvalue weighted by Crippen LogP contribution is -2.22. The monoisotopic (exact) mass is 322 g/mol.